The molecule has 0 bridgehead atoms. The summed E-state index contributed by atoms with van der Waals surface area (Å²) in [4.78, 5) is 30.9. The second-order valence-electron chi connectivity index (χ2n) is 10.6. The molecule has 48 heavy (non-hydrogen) atoms. The van der Waals surface area contributed by atoms with Crippen molar-refractivity contribution in [2.45, 2.75) is 58.0 Å². The molecular formula is C30H37F3N8O6P+. The van der Waals surface area contributed by atoms with Gasteiger partial charge in [0, 0.05) is 36.5 Å². The number of nitrogens with zero attached hydrogens (tertiary/aromatic N) is 4. The van der Waals surface area contributed by atoms with Gasteiger partial charge in [0.1, 0.15) is 23.8 Å². The number of benzene rings is 1. The van der Waals surface area contributed by atoms with Gasteiger partial charge in [-0.2, -0.15) is 18.3 Å². The van der Waals surface area contributed by atoms with Crippen molar-refractivity contribution >= 4 is 31.5 Å². The zero-order valence-corrected chi connectivity index (χ0v) is 27.6. The Morgan fingerprint density at radius 3 is 2.50 bits per heavy atom. The van der Waals surface area contributed by atoms with E-state index in [-0.39, 0.29) is 49.1 Å². The molecule has 1 aliphatic rings. The van der Waals surface area contributed by atoms with Gasteiger partial charge in [-0.3, -0.25) is 9.48 Å². The van der Waals surface area contributed by atoms with Crippen LogP contribution in [0.15, 0.2) is 59.1 Å². The number of halogens is 3. The smallest absolute Gasteiger partial charge is 0.495 e. The first kappa shape index (κ1) is 36.3. The SMILES string of the molecule is CCC1(CC)N=C(Nc2ccc(CO[P+](=O)O)cc2OC)NC(Nc2ccc(-c3cnn(CCCO)c3)nc2C(=O)NC)=C1C(F)(F)F. The molecule has 1 unspecified atom stereocenters. The standard InChI is InChI=1S/C30H36F3N8O6P/c1-5-29(6-2)25(30(31,32)33)26(39-28(40-29)38-21-9-8-18(14-23(21)46-4)17-47-48(44)45)37-22-11-10-20(36-24(22)27(43)34-3)19-15-35-41(16-19)12-7-13-42/h8-11,14-16,42H,5-7,12-13,17H2,1-4H3,(H4-,34,37,38,39,40,43,44,45)/p+1. The van der Waals surface area contributed by atoms with E-state index in [4.69, 9.17) is 19.3 Å². The first-order valence-corrected chi connectivity index (χ1v) is 16.1. The van der Waals surface area contributed by atoms with Crippen molar-refractivity contribution in [3.05, 3.63) is 65.4 Å². The number of guanidine groups is 1. The highest BCUT2D eigenvalue weighted by Crippen LogP contribution is 2.44. The number of rotatable bonds is 14. The molecule has 3 heterocycles. The second kappa shape index (κ2) is 15.6. The van der Waals surface area contributed by atoms with Crippen molar-refractivity contribution in [1.29, 1.82) is 0 Å². The topological polar surface area (TPSA) is 184 Å². The number of nitrogens with one attached hydrogen (secondary N) is 4. The Labute approximate surface area is 275 Å². The zero-order chi connectivity index (χ0) is 35.1. The minimum absolute atomic E-state index is 0.00142. The van der Waals surface area contributed by atoms with E-state index < -0.39 is 37.3 Å². The molecule has 1 aliphatic heterocycles. The molecule has 18 heteroatoms. The molecule has 0 aliphatic carbocycles. The Kier molecular flexibility index (Phi) is 11.8. The molecule has 14 nitrogen and oxygen atoms in total. The van der Waals surface area contributed by atoms with Crippen LogP contribution in [0.4, 0.5) is 24.5 Å². The fraction of sp³-hybridized carbons (Fsp3) is 0.400. The number of hydrogen-bond acceptors (Lipinski definition) is 11. The number of aliphatic hydroxyl groups excluding tert-OH is 1. The highest BCUT2D eigenvalue weighted by atomic mass is 31.1. The fourth-order valence-corrected chi connectivity index (χ4v) is 5.47. The predicted octanol–water partition coefficient (Wildman–Crippen LogP) is 4.68. The lowest BCUT2D eigenvalue weighted by molar-refractivity contribution is -0.103. The van der Waals surface area contributed by atoms with Gasteiger partial charge in [0.05, 0.1) is 35.9 Å². The third-order valence-corrected chi connectivity index (χ3v) is 8.02. The largest absolute Gasteiger partial charge is 0.695 e. The number of carbonyl (C=O) groups is 1. The predicted molar refractivity (Wildman–Crippen MR) is 172 cm³/mol. The van der Waals surface area contributed by atoms with E-state index in [0.29, 0.717) is 35.5 Å². The number of alkyl halides is 3. The maximum Gasteiger partial charge on any atom is 0.695 e. The van der Waals surface area contributed by atoms with Gasteiger partial charge in [-0.25, -0.2) is 9.98 Å². The third kappa shape index (κ3) is 8.28. The van der Waals surface area contributed by atoms with E-state index in [1.165, 1.54) is 20.2 Å². The Morgan fingerprint density at radius 2 is 1.88 bits per heavy atom. The summed E-state index contributed by atoms with van der Waals surface area (Å²) in [6.45, 7) is 3.49. The van der Waals surface area contributed by atoms with Crippen molar-refractivity contribution in [1.82, 2.24) is 25.4 Å². The van der Waals surface area contributed by atoms with Crippen LogP contribution in [0, 0.1) is 0 Å². The highest BCUT2D eigenvalue weighted by Gasteiger charge is 2.51. The van der Waals surface area contributed by atoms with Crippen LogP contribution in [0.5, 0.6) is 5.75 Å². The number of ether oxygens (including phenoxy) is 1. The second-order valence-corrected chi connectivity index (χ2v) is 11.3. The van der Waals surface area contributed by atoms with Crippen LogP contribution in [0.3, 0.4) is 0 Å². The maximum absolute atomic E-state index is 14.9. The highest BCUT2D eigenvalue weighted by molar-refractivity contribution is 7.32. The van der Waals surface area contributed by atoms with Gasteiger partial charge in [-0.15, -0.1) is 9.42 Å². The normalized spacial score (nSPS) is 14.6. The summed E-state index contributed by atoms with van der Waals surface area (Å²) < 4.78 is 67.4. The van der Waals surface area contributed by atoms with Crippen LogP contribution in [-0.4, -0.2) is 69.1 Å². The summed E-state index contributed by atoms with van der Waals surface area (Å²) in [6.07, 6.45) is -1.12. The lowest BCUT2D eigenvalue weighted by Gasteiger charge is -2.38. The van der Waals surface area contributed by atoms with Crippen LogP contribution in [0.2, 0.25) is 0 Å². The number of amides is 1. The van der Waals surface area contributed by atoms with E-state index >= 15 is 0 Å². The number of aliphatic hydroxyl groups is 1. The average Bonchev–Trinajstić information content (AvgIpc) is 3.54. The quantitative estimate of drug-likeness (QED) is 0.129. The molecule has 0 spiro atoms. The number of hydrogen-bond donors (Lipinski definition) is 6. The Morgan fingerprint density at radius 1 is 1.15 bits per heavy atom. The Hall–Kier alpha value is -4.57. The first-order chi connectivity index (χ1) is 22.9. The van der Waals surface area contributed by atoms with E-state index in [1.807, 2.05) is 0 Å². The van der Waals surface area contributed by atoms with Crippen LogP contribution >= 0.6 is 8.25 Å². The minimum Gasteiger partial charge on any atom is -0.495 e. The third-order valence-electron chi connectivity index (χ3n) is 7.67. The van der Waals surface area contributed by atoms with E-state index in [1.54, 1.807) is 55.2 Å². The molecule has 0 saturated heterocycles. The Balaban J connectivity index is 1.75. The van der Waals surface area contributed by atoms with Crippen molar-refractivity contribution in [2.24, 2.45) is 4.99 Å². The van der Waals surface area contributed by atoms with Gasteiger partial charge in [0.25, 0.3) is 5.91 Å². The number of methoxy groups -OCH3 is 1. The number of aryl methyl sites for hydroxylation is 1. The van der Waals surface area contributed by atoms with Crippen LogP contribution in [0.25, 0.3) is 11.3 Å². The number of pyridine rings is 1. The summed E-state index contributed by atoms with van der Waals surface area (Å²) in [6, 6.07) is 7.73. The lowest BCUT2D eigenvalue weighted by atomic mass is 9.83. The summed E-state index contributed by atoms with van der Waals surface area (Å²) in [5.41, 5.74) is -1.04. The molecule has 0 radical (unpaired) electrons. The van der Waals surface area contributed by atoms with Gasteiger partial charge in [-0.1, -0.05) is 19.9 Å². The summed E-state index contributed by atoms with van der Waals surface area (Å²) in [5.74, 6) is -0.845. The van der Waals surface area contributed by atoms with Gasteiger partial charge in [0.15, 0.2) is 5.69 Å². The monoisotopic (exact) mass is 693 g/mol. The summed E-state index contributed by atoms with van der Waals surface area (Å²) in [5, 5.41) is 24.4. The van der Waals surface area contributed by atoms with Crippen LogP contribution < -0.4 is 26.0 Å². The average molecular weight is 694 g/mol. The molecule has 0 fully saturated rings. The molecular weight excluding hydrogens is 656 g/mol. The van der Waals surface area contributed by atoms with E-state index in [9.17, 15) is 22.5 Å². The number of aliphatic imine (C=N–C) groups is 1. The van der Waals surface area contributed by atoms with E-state index in [2.05, 4.69) is 36.3 Å². The molecule has 1 atom stereocenters. The van der Waals surface area contributed by atoms with Gasteiger partial charge in [0.2, 0.25) is 5.96 Å². The maximum atomic E-state index is 14.9. The first-order valence-electron chi connectivity index (χ1n) is 14.9. The van der Waals surface area contributed by atoms with Crippen molar-refractivity contribution in [2.75, 3.05) is 31.4 Å². The number of carbonyl (C=O) groups excluding carboxylic acids is 1. The van der Waals surface area contributed by atoms with E-state index in [0.717, 1.165) is 0 Å². The number of anilines is 2. The van der Waals surface area contributed by atoms with Crippen molar-refractivity contribution in [3.63, 3.8) is 0 Å². The molecule has 4 rings (SSSR count). The van der Waals surface area contributed by atoms with Crippen LogP contribution in [-0.2, 0) is 22.2 Å². The van der Waals surface area contributed by atoms with Crippen molar-refractivity contribution in [3.8, 4) is 17.0 Å². The van der Waals surface area contributed by atoms with Gasteiger partial charge < -0.3 is 31.1 Å². The molecule has 0 saturated carbocycles. The minimum atomic E-state index is -4.83. The molecule has 1 aromatic carbocycles. The molecule has 6 N–H and O–H groups in total. The van der Waals surface area contributed by atoms with Gasteiger partial charge >= 0.3 is 14.4 Å². The molecule has 3 aromatic rings. The van der Waals surface area contributed by atoms with Crippen molar-refractivity contribution < 1.29 is 41.8 Å². The lowest BCUT2D eigenvalue weighted by Crippen LogP contribution is -2.49. The van der Waals surface area contributed by atoms with Gasteiger partial charge in [-0.05, 0) is 49.1 Å². The summed E-state index contributed by atoms with van der Waals surface area (Å²) in [7, 11) is -0.0434. The van der Waals surface area contributed by atoms with Crippen LogP contribution in [0.1, 0.15) is 49.2 Å². The fourth-order valence-electron chi connectivity index (χ4n) is 5.22. The molecule has 258 valence electrons. The summed E-state index contributed by atoms with van der Waals surface area (Å²) >= 11 is 0. The number of aromatic nitrogens is 3. The Bertz CT molecular complexity index is 1710. The molecule has 1 amide bonds. The zero-order valence-electron chi connectivity index (χ0n) is 26.7. The molecule has 2 aromatic heterocycles.